The van der Waals surface area contributed by atoms with Crippen molar-refractivity contribution in [3.05, 3.63) is 63.2 Å². The summed E-state index contributed by atoms with van der Waals surface area (Å²) in [5, 5.41) is 2.74. The summed E-state index contributed by atoms with van der Waals surface area (Å²) in [6, 6.07) is 13.5. The average molecular weight is 451 g/mol. The van der Waals surface area contributed by atoms with Gasteiger partial charge in [-0.1, -0.05) is 26.0 Å². The van der Waals surface area contributed by atoms with Crippen molar-refractivity contribution in [2.75, 3.05) is 5.32 Å². The number of benzene rings is 2. The van der Waals surface area contributed by atoms with Crippen molar-refractivity contribution in [1.29, 1.82) is 0 Å². The van der Waals surface area contributed by atoms with Crippen molar-refractivity contribution in [2.24, 2.45) is 5.92 Å². The number of hydrogen-bond acceptors (Lipinski definition) is 3. The van der Waals surface area contributed by atoms with Gasteiger partial charge in [0.05, 0.1) is 5.56 Å². The first kappa shape index (κ1) is 18.9. The molecular formula is C18H18IN3O3. The number of nitrogens with one attached hydrogen (secondary N) is 3. The van der Waals surface area contributed by atoms with Crippen LogP contribution in [0.3, 0.4) is 0 Å². The van der Waals surface area contributed by atoms with Gasteiger partial charge in [0.15, 0.2) is 0 Å². The highest BCUT2D eigenvalue weighted by Gasteiger charge is 2.12. The van der Waals surface area contributed by atoms with E-state index < -0.39 is 5.91 Å². The number of rotatable bonds is 4. The Balaban J connectivity index is 1.94. The van der Waals surface area contributed by atoms with E-state index in [1.165, 1.54) is 0 Å². The summed E-state index contributed by atoms with van der Waals surface area (Å²) in [5.41, 5.74) is 6.22. The number of carbonyl (C=O) groups excluding carboxylic acids is 3. The Morgan fingerprint density at radius 2 is 1.48 bits per heavy atom. The molecule has 0 atom stereocenters. The lowest BCUT2D eigenvalue weighted by molar-refractivity contribution is -0.118. The number of carbonyl (C=O) groups is 3. The van der Waals surface area contributed by atoms with Gasteiger partial charge in [-0.05, 0) is 59.0 Å². The van der Waals surface area contributed by atoms with Gasteiger partial charge in [0.1, 0.15) is 0 Å². The molecule has 25 heavy (non-hydrogen) atoms. The van der Waals surface area contributed by atoms with E-state index in [1.807, 2.05) is 12.1 Å². The molecule has 0 aliphatic carbocycles. The minimum Gasteiger partial charge on any atom is -0.326 e. The van der Waals surface area contributed by atoms with Crippen molar-refractivity contribution in [2.45, 2.75) is 13.8 Å². The highest BCUT2D eigenvalue weighted by Crippen LogP contribution is 2.12. The molecule has 0 spiro atoms. The summed E-state index contributed by atoms with van der Waals surface area (Å²) in [5.74, 6) is -1.05. The van der Waals surface area contributed by atoms with Crippen LogP contribution < -0.4 is 16.2 Å². The molecule has 0 aliphatic heterocycles. The molecule has 0 aliphatic rings. The third-order valence-corrected chi connectivity index (χ3v) is 4.29. The standard InChI is InChI=1S/C18H18IN3O3/c1-11(2)16(23)20-13-9-7-12(8-10-13)17(24)21-22-18(25)14-5-3-4-6-15(14)19/h3-11H,1-2H3,(H,20,23)(H,21,24)(H,22,25). The van der Waals surface area contributed by atoms with Crippen LogP contribution in [-0.4, -0.2) is 17.7 Å². The highest BCUT2D eigenvalue weighted by atomic mass is 127. The van der Waals surface area contributed by atoms with Gasteiger partial charge in [0.2, 0.25) is 5.91 Å². The third kappa shape index (κ3) is 5.28. The molecule has 0 fully saturated rings. The van der Waals surface area contributed by atoms with Gasteiger partial charge in [0, 0.05) is 20.7 Å². The minimum absolute atomic E-state index is 0.0954. The summed E-state index contributed by atoms with van der Waals surface area (Å²) in [7, 11) is 0. The van der Waals surface area contributed by atoms with E-state index in [1.54, 1.807) is 50.2 Å². The van der Waals surface area contributed by atoms with Crippen molar-refractivity contribution >= 4 is 46.0 Å². The maximum Gasteiger partial charge on any atom is 0.270 e. The number of anilines is 1. The molecule has 2 aromatic carbocycles. The Hall–Kier alpha value is -2.42. The molecule has 3 amide bonds. The molecule has 3 N–H and O–H groups in total. The van der Waals surface area contributed by atoms with Gasteiger partial charge in [-0.2, -0.15) is 0 Å². The number of amides is 3. The molecule has 0 saturated carbocycles. The lowest BCUT2D eigenvalue weighted by Crippen LogP contribution is -2.41. The molecule has 2 rings (SSSR count). The van der Waals surface area contributed by atoms with Gasteiger partial charge < -0.3 is 5.32 Å². The lowest BCUT2D eigenvalue weighted by atomic mass is 10.1. The highest BCUT2D eigenvalue weighted by molar-refractivity contribution is 14.1. The number of halogens is 1. The van der Waals surface area contributed by atoms with E-state index in [0.29, 0.717) is 16.8 Å². The third-order valence-electron chi connectivity index (χ3n) is 3.35. The van der Waals surface area contributed by atoms with E-state index >= 15 is 0 Å². The fourth-order valence-electron chi connectivity index (χ4n) is 1.89. The quantitative estimate of drug-likeness (QED) is 0.494. The summed E-state index contributed by atoms with van der Waals surface area (Å²) in [6.07, 6.45) is 0. The molecule has 130 valence electrons. The molecule has 0 heterocycles. The monoisotopic (exact) mass is 451 g/mol. The summed E-state index contributed by atoms with van der Waals surface area (Å²) >= 11 is 2.05. The van der Waals surface area contributed by atoms with E-state index in [-0.39, 0.29) is 17.7 Å². The Morgan fingerprint density at radius 1 is 0.880 bits per heavy atom. The van der Waals surface area contributed by atoms with Crippen LogP contribution in [0.2, 0.25) is 0 Å². The Morgan fingerprint density at radius 3 is 2.08 bits per heavy atom. The molecule has 7 heteroatoms. The van der Waals surface area contributed by atoms with Gasteiger partial charge >= 0.3 is 0 Å². The van der Waals surface area contributed by atoms with Crippen LogP contribution in [0.25, 0.3) is 0 Å². The maximum absolute atomic E-state index is 12.1. The first-order chi connectivity index (χ1) is 11.9. The molecule has 0 radical (unpaired) electrons. The van der Waals surface area contributed by atoms with E-state index in [2.05, 4.69) is 38.8 Å². The number of hydrazine groups is 1. The van der Waals surface area contributed by atoms with Crippen molar-refractivity contribution in [3.8, 4) is 0 Å². The zero-order valence-electron chi connectivity index (χ0n) is 13.8. The number of hydrogen-bond donors (Lipinski definition) is 3. The van der Waals surface area contributed by atoms with Crippen LogP contribution in [0.4, 0.5) is 5.69 Å². The first-order valence-electron chi connectivity index (χ1n) is 7.64. The Kier molecular flexibility index (Phi) is 6.51. The average Bonchev–Trinajstić information content (AvgIpc) is 2.60. The normalized spacial score (nSPS) is 10.2. The van der Waals surface area contributed by atoms with Crippen molar-refractivity contribution in [3.63, 3.8) is 0 Å². The van der Waals surface area contributed by atoms with Crippen LogP contribution in [0, 0.1) is 9.49 Å². The van der Waals surface area contributed by atoms with Gasteiger partial charge in [-0.3, -0.25) is 25.2 Å². The van der Waals surface area contributed by atoms with E-state index in [9.17, 15) is 14.4 Å². The van der Waals surface area contributed by atoms with Gasteiger partial charge in [-0.25, -0.2) is 0 Å². The zero-order valence-corrected chi connectivity index (χ0v) is 16.0. The largest absolute Gasteiger partial charge is 0.326 e. The molecule has 6 nitrogen and oxygen atoms in total. The van der Waals surface area contributed by atoms with Crippen molar-refractivity contribution < 1.29 is 14.4 Å². The van der Waals surface area contributed by atoms with Gasteiger partial charge in [-0.15, -0.1) is 0 Å². The minimum atomic E-state index is -0.443. The smallest absolute Gasteiger partial charge is 0.270 e. The van der Waals surface area contributed by atoms with E-state index in [4.69, 9.17) is 0 Å². The van der Waals surface area contributed by atoms with Gasteiger partial charge in [0.25, 0.3) is 11.8 Å². The molecule has 0 unspecified atom stereocenters. The Labute approximate surface area is 159 Å². The van der Waals surface area contributed by atoms with Crippen LogP contribution in [0.5, 0.6) is 0 Å². The zero-order chi connectivity index (χ0) is 18.4. The molecule has 2 aromatic rings. The van der Waals surface area contributed by atoms with Crippen molar-refractivity contribution in [1.82, 2.24) is 10.9 Å². The fourth-order valence-corrected chi connectivity index (χ4v) is 2.52. The van der Waals surface area contributed by atoms with Crippen LogP contribution in [0.15, 0.2) is 48.5 Å². The lowest BCUT2D eigenvalue weighted by Gasteiger charge is -2.10. The molecule has 0 aromatic heterocycles. The summed E-state index contributed by atoms with van der Waals surface area (Å²) < 4.78 is 0.789. The predicted octanol–water partition coefficient (Wildman–Crippen LogP) is 2.96. The van der Waals surface area contributed by atoms with Crippen LogP contribution in [0.1, 0.15) is 34.6 Å². The second-order valence-corrected chi connectivity index (χ2v) is 6.77. The second kappa shape index (κ2) is 8.61. The fraction of sp³-hybridized carbons (Fsp3) is 0.167. The van der Waals surface area contributed by atoms with E-state index in [0.717, 1.165) is 3.57 Å². The van der Waals surface area contributed by atoms with Crippen LogP contribution >= 0.6 is 22.6 Å². The van der Waals surface area contributed by atoms with Crippen LogP contribution in [-0.2, 0) is 4.79 Å². The summed E-state index contributed by atoms with van der Waals surface area (Å²) in [4.78, 5) is 35.8. The molecule has 0 saturated heterocycles. The predicted molar refractivity (Wildman–Crippen MR) is 104 cm³/mol. The SMILES string of the molecule is CC(C)C(=O)Nc1ccc(C(=O)NNC(=O)c2ccccc2I)cc1. The maximum atomic E-state index is 12.1. The molecular weight excluding hydrogens is 433 g/mol. The topological polar surface area (TPSA) is 87.3 Å². The molecule has 0 bridgehead atoms. The first-order valence-corrected chi connectivity index (χ1v) is 8.72. The second-order valence-electron chi connectivity index (χ2n) is 5.61. The Bertz CT molecular complexity index is 788. The summed E-state index contributed by atoms with van der Waals surface area (Å²) in [6.45, 7) is 3.60.